The summed E-state index contributed by atoms with van der Waals surface area (Å²) in [4.78, 5) is 14.6. The standard InChI is InChI=1S/C19H29NO/c1-20(18(21)9-14-4-2-3-5-14)13-19-10-15-6-16(11-19)8-17(7-15)12-19/h2,4,14-17H,3,5-13H2,1H3/t14-,15?,16?,17?,19?/m0/s1. The van der Waals surface area contributed by atoms with Gasteiger partial charge in [-0.15, -0.1) is 0 Å². The van der Waals surface area contributed by atoms with Gasteiger partial charge in [0.2, 0.25) is 5.91 Å². The second-order valence-electron chi connectivity index (χ2n) is 8.64. The van der Waals surface area contributed by atoms with E-state index in [1.54, 1.807) is 0 Å². The third-order valence-electron chi connectivity index (χ3n) is 6.71. The molecule has 0 aromatic rings. The van der Waals surface area contributed by atoms with Crippen molar-refractivity contribution in [2.75, 3.05) is 13.6 Å². The van der Waals surface area contributed by atoms with E-state index in [0.29, 0.717) is 17.2 Å². The molecule has 1 atom stereocenters. The summed E-state index contributed by atoms with van der Waals surface area (Å²) in [5.74, 6) is 3.84. The van der Waals surface area contributed by atoms with Crippen molar-refractivity contribution >= 4 is 5.91 Å². The maximum Gasteiger partial charge on any atom is 0.222 e. The van der Waals surface area contributed by atoms with Crippen LogP contribution >= 0.6 is 0 Å². The van der Waals surface area contributed by atoms with E-state index in [0.717, 1.165) is 37.1 Å². The van der Waals surface area contributed by atoms with Crippen molar-refractivity contribution < 1.29 is 4.79 Å². The quantitative estimate of drug-likeness (QED) is 0.715. The van der Waals surface area contributed by atoms with Gasteiger partial charge in [0.1, 0.15) is 0 Å². The summed E-state index contributed by atoms with van der Waals surface area (Å²) >= 11 is 0. The second-order valence-corrected chi connectivity index (χ2v) is 8.64. The Bertz CT molecular complexity index is 417. The zero-order chi connectivity index (χ0) is 14.4. The number of nitrogens with zero attached hydrogens (tertiary/aromatic N) is 1. The molecule has 5 aliphatic carbocycles. The zero-order valence-electron chi connectivity index (χ0n) is 13.4. The third kappa shape index (κ3) is 2.66. The molecule has 21 heavy (non-hydrogen) atoms. The van der Waals surface area contributed by atoms with Gasteiger partial charge in [0.25, 0.3) is 0 Å². The van der Waals surface area contributed by atoms with Crippen LogP contribution in [0.2, 0.25) is 0 Å². The first-order valence-electron chi connectivity index (χ1n) is 9.02. The summed E-state index contributed by atoms with van der Waals surface area (Å²) in [5, 5.41) is 0. The van der Waals surface area contributed by atoms with Crippen LogP contribution in [0.15, 0.2) is 12.2 Å². The van der Waals surface area contributed by atoms with Gasteiger partial charge in [-0.1, -0.05) is 12.2 Å². The predicted octanol–water partition coefficient (Wildman–Crippen LogP) is 4.02. The third-order valence-corrected chi connectivity index (χ3v) is 6.71. The van der Waals surface area contributed by atoms with Crippen LogP contribution in [0.25, 0.3) is 0 Å². The Morgan fingerprint density at radius 3 is 2.29 bits per heavy atom. The smallest absolute Gasteiger partial charge is 0.222 e. The number of hydrogen-bond acceptors (Lipinski definition) is 1. The van der Waals surface area contributed by atoms with Crippen LogP contribution in [0.3, 0.4) is 0 Å². The number of carbonyl (C=O) groups is 1. The lowest BCUT2D eigenvalue weighted by Crippen LogP contribution is -2.51. The van der Waals surface area contributed by atoms with Gasteiger partial charge in [0.05, 0.1) is 0 Å². The molecule has 4 saturated carbocycles. The summed E-state index contributed by atoms with van der Waals surface area (Å²) < 4.78 is 0. The Kier molecular flexibility index (Phi) is 3.39. The van der Waals surface area contributed by atoms with Gasteiger partial charge in [0, 0.05) is 20.0 Å². The summed E-state index contributed by atoms with van der Waals surface area (Å²) in [6.45, 7) is 1.03. The summed E-state index contributed by atoms with van der Waals surface area (Å²) in [7, 11) is 2.06. The second kappa shape index (κ2) is 5.14. The van der Waals surface area contributed by atoms with Gasteiger partial charge in [0.15, 0.2) is 0 Å². The molecule has 0 unspecified atom stereocenters. The summed E-state index contributed by atoms with van der Waals surface area (Å²) in [6.07, 6.45) is 16.2. The lowest BCUT2D eigenvalue weighted by molar-refractivity contribution is -0.136. The largest absolute Gasteiger partial charge is 0.345 e. The molecule has 116 valence electrons. The van der Waals surface area contributed by atoms with Crippen molar-refractivity contribution in [2.24, 2.45) is 29.1 Å². The fourth-order valence-corrected chi connectivity index (χ4v) is 6.32. The summed E-state index contributed by atoms with van der Waals surface area (Å²) in [6, 6.07) is 0. The van der Waals surface area contributed by atoms with Crippen LogP contribution in [0.5, 0.6) is 0 Å². The Balaban J connectivity index is 1.38. The first-order chi connectivity index (χ1) is 10.1. The maximum absolute atomic E-state index is 12.5. The van der Waals surface area contributed by atoms with Gasteiger partial charge in [-0.25, -0.2) is 0 Å². The average molecular weight is 287 g/mol. The van der Waals surface area contributed by atoms with E-state index < -0.39 is 0 Å². The molecule has 2 heteroatoms. The topological polar surface area (TPSA) is 20.3 Å². The normalized spacial score (nSPS) is 43.5. The highest BCUT2D eigenvalue weighted by atomic mass is 16.2. The van der Waals surface area contributed by atoms with Crippen molar-refractivity contribution in [3.8, 4) is 0 Å². The highest BCUT2D eigenvalue weighted by Gasteiger charge is 2.51. The van der Waals surface area contributed by atoms with E-state index in [1.165, 1.54) is 44.9 Å². The molecule has 0 aromatic carbocycles. The molecule has 0 aromatic heterocycles. The van der Waals surface area contributed by atoms with E-state index in [4.69, 9.17) is 0 Å². The fourth-order valence-electron chi connectivity index (χ4n) is 6.32. The minimum atomic E-state index is 0.377. The van der Waals surface area contributed by atoms with Crippen molar-refractivity contribution in [1.82, 2.24) is 4.90 Å². The highest BCUT2D eigenvalue weighted by molar-refractivity contribution is 5.76. The van der Waals surface area contributed by atoms with Crippen LogP contribution in [-0.4, -0.2) is 24.4 Å². The minimum absolute atomic E-state index is 0.377. The van der Waals surface area contributed by atoms with Crippen LogP contribution in [0.4, 0.5) is 0 Å². The molecule has 0 N–H and O–H groups in total. The molecule has 4 fully saturated rings. The maximum atomic E-state index is 12.5. The molecule has 5 rings (SSSR count). The van der Waals surface area contributed by atoms with Crippen molar-refractivity contribution in [2.45, 2.75) is 57.8 Å². The number of carbonyl (C=O) groups excluding carboxylic acids is 1. The molecule has 0 radical (unpaired) electrons. The Morgan fingerprint density at radius 2 is 1.76 bits per heavy atom. The lowest BCUT2D eigenvalue weighted by atomic mass is 9.49. The highest BCUT2D eigenvalue weighted by Crippen LogP contribution is 2.60. The Labute approximate surface area is 129 Å². The Hall–Kier alpha value is -0.790. The van der Waals surface area contributed by atoms with E-state index in [9.17, 15) is 4.79 Å². The Morgan fingerprint density at radius 1 is 1.14 bits per heavy atom. The molecule has 0 saturated heterocycles. The molecule has 0 heterocycles. The molecule has 0 aliphatic heterocycles. The SMILES string of the molecule is CN(CC12CC3CC(CC(C3)C1)C2)C(=O)C[C@H]1C=CCC1. The van der Waals surface area contributed by atoms with E-state index in [-0.39, 0.29) is 0 Å². The van der Waals surface area contributed by atoms with E-state index >= 15 is 0 Å². The van der Waals surface area contributed by atoms with Gasteiger partial charge < -0.3 is 4.90 Å². The molecular formula is C19H29NO. The van der Waals surface area contributed by atoms with Crippen LogP contribution in [0.1, 0.15) is 57.8 Å². The first-order valence-corrected chi connectivity index (χ1v) is 9.02. The molecular weight excluding hydrogens is 258 g/mol. The van der Waals surface area contributed by atoms with Crippen LogP contribution < -0.4 is 0 Å². The van der Waals surface area contributed by atoms with Crippen molar-refractivity contribution in [3.63, 3.8) is 0 Å². The fraction of sp³-hybridized carbons (Fsp3) is 0.842. The zero-order valence-corrected chi connectivity index (χ0v) is 13.4. The number of hydrogen-bond donors (Lipinski definition) is 0. The molecule has 2 nitrogen and oxygen atoms in total. The van der Waals surface area contributed by atoms with Gasteiger partial charge >= 0.3 is 0 Å². The van der Waals surface area contributed by atoms with Gasteiger partial charge in [-0.2, -0.15) is 0 Å². The number of amides is 1. The van der Waals surface area contributed by atoms with Gasteiger partial charge in [-0.3, -0.25) is 4.79 Å². The van der Waals surface area contributed by atoms with Crippen molar-refractivity contribution in [3.05, 3.63) is 12.2 Å². The minimum Gasteiger partial charge on any atom is -0.345 e. The molecule has 5 aliphatic rings. The van der Waals surface area contributed by atoms with E-state index in [2.05, 4.69) is 24.1 Å². The van der Waals surface area contributed by atoms with Gasteiger partial charge in [-0.05, 0) is 80.5 Å². The molecule has 1 amide bonds. The first kappa shape index (κ1) is 13.8. The summed E-state index contributed by atoms with van der Waals surface area (Å²) in [5.41, 5.74) is 0.491. The van der Waals surface area contributed by atoms with Crippen LogP contribution in [-0.2, 0) is 4.79 Å². The molecule has 4 bridgehead atoms. The number of allylic oxidation sites excluding steroid dienone is 2. The van der Waals surface area contributed by atoms with Crippen molar-refractivity contribution in [1.29, 1.82) is 0 Å². The van der Waals surface area contributed by atoms with Crippen LogP contribution in [0, 0.1) is 29.1 Å². The monoisotopic (exact) mass is 287 g/mol. The average Bonchev–Trinajstić information content (AvgIpc) is 2.89. The number of rotatable bonds is 4. The van der Waals surface area contributed by atoms with E-state index in [1.807, 2.05) is 0 Å². The molecule has 0 spiro atoms. The predicted molar refractivity (Wildman–Crippen MR) is 84.7 cm³/mol. The lowest BCUT2D eigenvalue weighted by Gasteiger charge is -2.57.